The molecule has 4 rings (SSSR count). The van der Waals surface area contributed by atoms with E-state index in [1.807, 2.05) is 57.7 Å². The third-order valence-electron chi connectivity index (χ3n) is 4.47. The molecular weight excluding hydrogens is 410 g/mol. The molecule has 2 aromatic heterocycles. The Labute approximate surface area is 173 Å². The summed E-state index contributed by atoms with van der Waals surface area (Å²) in [5.74, 6) is -1.73. The van der Waals surface area contributed by atoms with Gasteiger partial charge in [-0.25, -0.2) is 4.57 Å². The minimum absolute atomic E-state index is 0.000650. The van der Waals surface area contributed by atoms with Crippen molar-refractivity contribution in [1.29, 1.82) is 0 Å². The summed E-state index contributed by atoms with van der Waals surface area (Å²) >= 11 is 2.99. The summed E-state index contributed by atoms with van der Waals surface area (Å²) in [5.41, 5.74) is 1.88. The maximum Gasteiger partial charge on any atom is 0.386 e. The van der Waals surface area contributed by atoms with Crippen LogP contribution < -0.4 is 9.37 Å². The van der Waals surface area contributed by atoms with Crippen LogP contribution in [-0.4, -0.2) is 26.7 Å². The molecule has 0 saturated heterocycles. The number of carboxylic acid groups (broad SMARTS) is 2. The summed E-state index contributed by atoms with van der Waals surface area (Å²) in [6.45, 7) is 0.635. The molecule has 0 fully saturated rings. The van der Waals surface area contributed by atoms with Crippen molar-refractivity contribution < 1.29 is 24.4 Å². The largest absolute Gasteiger partial charge is 0.481 e. The second-order valence-corrected chi connectivity index (χ2v) is 8.43. The number of carboxylic acids is 2. The van der Waals surface area contributed by atoms with Crippen molar-refractivity contribution in [2.75, 3.05) is 0 Å². The van der Waals surface area contributed by atoms with E-state index in [0.717, 1.165) is 20.4 Å². The lowest BCUT2D eigenvalue weighted by atomic mass is 10.3. The van der Waals surface area contributed by atoms with E-state index in [2.05, 4.69) is 0 Å². The first-order valence-corrected chi connectivity index (χ1v) is 10.6. The van der Waals surface area contributed by atoms with E-state index in [4.69, 9.17) is 15.2 Å². The van der Waals surface area contributed by atoms with Gasteiger partial charge < -0.3 is 10.2 Å². The summed E-state index contributed by atoms with van der Waals surface area (Å²) in [6, 6.07) is 15.6. The van der Waals surface area contributed by atoms with Crippen LogP contribution in [-0.2, 0) is 22.7 Å². The molecule has 0 aliphatic heterocycles. The summed E-state index contributed by atoms with van der Waals surface area (Å²) < 4.78 is 5.88. The van der Waals surface area contributed by atoms with Gasteiger partial charge in [-0.2, -0.15) is 0 Å². The average molecular weight is 429 g/mol. The van der Waals surface area contributed by atoms with Gasteiger partial charge in [-0.05, 0) is 35.6 Å². The van der Waals surface area contributed by atoms with E-state index >= 15 is 0 Å². The topological polar surface area (TPSA) is 95.8 Å². The number of benzene rings is 2. The molecule has 7 nitrogen and oxygen atoms in total. The van der Waals surface area contributed by atoms with Gasteiger partial charge in [0.2, 0.25) is 0 Å². The lowest BCUT2D eigenvalue weighted by molar-refractivity contribution is -0.653. The van der Waals surface area contributed by atoms with Gasteiger partial charge in [0.25, 0.3) is 0 Å². The predicted molar refractivity (Wildman–Crippen MR) is 112 cm³/mol. The van der Waals surface area contributed by atoms with Gasteiger partial charge in [0.05, 0.1) is 27.8 Å². The molecule has 0 saturated carbocycles. The van der Waals surface area contributed by atoms with Crippen LogP contribution in [0.15, 0.2) is 53.5 Å². The molecule has 148 valence electrons. The molecular formula is C20H18N3O4S2+. The highest BCUT2D eigenvalue weighted by Crippen LogP contribution is 2.27. The number of fused-ring (bicyclic) bond motifs is 2. The van der Waals surface area contributed by atoms with Crippen LogP contribution in [0.25, 0.3) is 20.4 Å². The van der Waals surface area contributed by atoms with E-state index in [1.54, 1.807) is 0 Å². The monoisotopic (exact) mass is 428 g/mol. The van der Waals surface area contributed by atoms with Crippen molar-refractivity contribution in [1.82, 2.24) is 4.57 Å². The Bertz CT molecular complexity index is 1290. The highest BCUT2D eigenvalue weighted by Gasteiger charge is 2.21. The Morgan fingerprint density at radius 3 is 2.38 bits per heavy atom. The van der Waals surface area contributed by atoms with Crippen LogP contribution in [0.1, 0.15) is 12.8 Å². The van der Waals surface area contributed by atoms with Crippen molar-refractivity contribution in [3.8, 4) is 0 Å². The zero-order valence-electron chi connectivity index (χ0n) is 15.3. The van der Waals surface area contributed by atoms with Gasteiger partial charge in [0.1, 0.15) is 12.1 Å². The number of rotatable bonds is 7. The fourth-order valence-electron chi connectivity index (χ4n) is 3.14. The molecule has 2 N–H and O–H groups in total. The van der Waals surface area contributed by atoms with Crippen LogP contribution in [0.3, 0.4) is 0 Å². The van der Waals surface area contributed by atoms with Gasteiger partial charge in [0, 0.05) is 11.5 Å². The highest BCUT2D eigenvalue weighted by atomic mass is 32.1. The molecule has 0 spiro atoms. The van der Waals surface area contributed by atoms with E-state index in [1.165, 1.54) is 22.7 Å². The third-order valence-corrected chi connectivity index (χ3v) is 6.59. The highest BCUT2D eigenvalue weighted by molar-refractivity contribution is 7.21. The van der Waals surface area contributed by atoms with Crippen LogP contribution in [0.4, 0.5) is 5.13 Å². The molecule has 2 heterocycles. The van der Waals surface area contributed by atoms with Crippen LogP contribution >= 0.6 is 22.7 Å². The van der Waals surface area contributed by atoms with Crippen molar-refractivity contribution in [2.45, 2.75) is 25.9 Å². The quantitative estimate of drug-likeness (QED) is 0.441. The molecule has 29 heavy (non-hydrogen) atoms. The number of nitrogens with zero attached hydrogens (tertiary/aromatic N) is 3. The smallest absolute Gasteiger partial charge is 0.386 e. The molecule has 0 aliphatic carbocycles. The number of hydrogen-bond donors (Lipinski definition) is 2. The third kappa shape index (κ3) is 4.06. The van der Waals surface area contributed by atoms with Crippen LogP contribution in [0, 0.1) is 0 Å². The van der Waals surface area contributed by atoms with E-state index in [0.29, 0.717) is 23.0 Å². The summed E-state index contributed by atoms with van der Waals surface area (Å²) in [6.07, 6.45) is -0.00130. The van der Waals surface area contributed by atoms with E-state index in [-0.39, 0.29) is 12.8 Å². The Kier molecular flexibility index (Phi) is 5.41. The van der Waals surface area contributed by atoms with Gasteiger partial charge in [-0.3, -0.25) is 14.2 Å². The zero-order valence-corrected chi connectivity index (χ0v) is 16.9. The van der Waals surface area contributed by atoms with Gasteiger partial charge >= 0.3 is 21.9 Å². The molecule has 0 atom stereocenters. The number of carbonyl (C=O) groups is 2. The summed E-state index contributed by atoms with van der Waals surface area (Å²) in [7, 11) is 0. The Hall–Kier alpha value is -3.04. The standard InChI is InChI=1S/C20H17N3O4S2/c24-17(25)9-11-22-13-5-1-3-7-15(13)28-19(22)21-20-23(12-10-18(26)27)14-6-2-4-8-16(14)29-20/h1-8H,9-12H2,(H-,24,25,26,27)/p+1. The minimum Gasteiger partial charge on any atom is -0.481 e. The Morgan fingerprint density at radius 2 is 1.62 bits per heavy atom. The first-order valence-electron chi connectivity index (χ1n) is 9.01. The number of para-hydroxylation sites is 2. The molecule has 0 bridgehead atoms. The molecule has 9 heteroatoms. The average Bonchev–Trinajstić information content (AvgIpc) is 3.22. The summed E-state index contributed by atoms with van der Waals surface area (Å²) in [4.78, 5) is 27.8. The number of hydrogen-bond acceptors (Lipinski definition) is 5. The first kappa shape index (κ1) is 19.3. The maximum atomic E-state index is 11.1. The van der Waals surface area contributed by atoms with E-state index in [9.17, 15) is 9.59 Å². The number of aliphatic carboxylic acids is 2. The number of thiazole rings is 2. The van der Waals surface area contributed by atoms with Gasteiger partial charge in [-0.1, -0.05) is 35.6 Å². The normalized spacial score (nSPS) is 12.1. The molecule has 0 amide bonds. The second kappa shape index (κ2) is 8.14. The summed E-state index contributed by atoms with van der Waals surface area (Å²) in [5, 5.41) is 19.0. The first-order chi connectivity index (χ1) is 14.0. The minimum atomic E-state index is -0.864. The Balaban J connectivity index is 1.89. The fourth-order valence-corrected chi connectivity index (χ4v) is 5.32. The molecule has 2 aromatic carbocycles. The molecule has 4 aromatic rings. The number of aryl methyl sites for hydroxylation is 2. The van der Waals surface area contributed by atoms with Crippen molar-refractivity contribution in [3.63, 3.8) is 0 Å². The number of aromatic nitrogens is 2. The Morgan fingerprint density at radius 1 is 0.931 bits per heavy atom. The van der Waals surface area contributed by atoms with Gasteiger partial charge in [-0.15, -0.1) is 0 Å². The van der Waals surface area contributed by atoms with Crippen molar-refractivity contribution >= 4 is 60.2 Å². The predicted octanol–water partition coefficient (Wildman–Crippen LogP) is 3.39. The van der Waals surface area contributed by atoms with Crippen molar-refractivity contribution in [3.05, 3.63) is 53.3 Å². The SMILES string of the molecule is O=C(O)CCn1/c(=N/c2sc3ccccc3[n+]2CCC(=O)O)sc2ccccc21. The molecule has 0 unspecified atom stereocenters. The van der Waals surface area contributed by atoms with Crippen molar-refractivity contribution in [2.24, 2.45) is 4.99 Å². The lowest BCUT2D eigenvalue weighted by Crippen LogP contribution is -2.34. The second-order valence-electron chi connectivity index (χ2n) is 6.41. The maximum absolute atomic E-state index is 11.1. The van der Waals surface area contributed by atoms with E-state index < -0.39 is 11.9 Å². The van der Waals surface area contributed by atoms with Crippen LogP contribution in [0.5, 0.6) is 0 Å². The fraction of sp³-hybridized carbons (Fsp3) is 0.200. The molecule has 0 aliphatic rings. The lowest BCUT2D eigenvalue weighted by Gasteiger charge is -2.00. The van der Waals surface area contributed by atoms with Crippen LogP contribution in [0.2, 0.25) is 0 Å². The molecule has 0 radical (unpaired) electrons. The van der Waals surface area contributed by atoms with Gasteiger partial charge in [0.15, 0.2) is 0 Å². The zero-order chi connectivity index (χ0) is 20.4.